The Morgan fingerprint density at radius 3 is 2.18 bits per heavy atom. The molecule has 0 spiro atoms. The van der Waals surface area contributed by atoms with Gasteiger partial charge < -0.3 is 19.5 Å². The molecule has 0 bridgehead atoms. The van der Waals surface area contributed by atoms with Gasteiger partial charge >= 0.3 is 0 Å². The van der Waals surface area contributed by atoms with Gasteiger partial charge in [-0.15, -0.1) is 0 Å². The van der Waals surface area contributed by atoms with Crippen molar-refractivity contribution in [1.82, 2.24) is 0 Å². The van der Waals surface area contributed by atoms with E-state index in [1.54, 1.807) is 14.2 Å². The first-order valence-electron chi connectivity index (χ1n) is 9.17. The third-order valence-corrected chi connectivity index (χ3v) is 4.72. The lowest BCUT2D eigenvalue weighted by Crippen LogP contribution is -2.80. The smallest absolute Gasteiger partial charge is 0.180 e. The van der Waals surface area contributed by atoms with Gasteiger partial charge in [0.15, 0.2) is 11.5 Å². The van der Waals surface area contributed by atoms with E-state index in [9.17, 15) is 0 Å². The van der Waals surface area contributed by atoms with E-state index >= 15 is 0 Å². The second-order valence-corrected chi connectivity index (χ2v) is 6.84. The van der Waals surface area contributed by atoms with Crippen molar-refractivity contribution < 1.29 is 19.5 Å². The Bertz CT molecular complexity index is 882. The minimum absolute atomic E-state index is 0.444. The van der Waals surface area contributed by atoms with E-state index in [2.05, 4.69) is 17.4 Å². The zero-order chi connectivity index (χ0) is 19.8. The molecule has 3 aromatic rings. The fourth-order valence-corrected chi connectivity index (χ4v) is 3.22. The van der Waals surface area contributed by atoms with Crippen molar-refractivity contribution in [2.75, 3.05) is 14.2 Å². The zero-order valence-electron chi connectivity index (χ0n) is 16.2. The number of benzene rings is 3. The summed E-state index contributed by atoms with van der Waals surface area (Å²) in [6, 6.07) is 22.0. The average molecular weight is 399 g/mol. The van der Waals surface area contributed by atoms with Gasteiger partial charge in [0.05, 0.1) is 19.2 Å². The molecule has 0 heterocycles. The Labute approximate surface area is 171 Å². The summed E-state index contributed by atoms with van der Waals surface area (Å²) in [5.41, 5.74) is 3.40. The Kier molecular flexibility index (Phi) is 7.18. The molecule has 0 aliphatic rings. The second-order valence-electron chi connectivity index (χ2n) is 6.43. The first-order valence-corrected chi connectivity index (χ1v) is 9.55. The fourth-order valence-electron chi connectivity index (χ4n) is 2.93. The van der Waals surface area contributed by atoms with Crippen molar-refractivity contribution >= 4 is 11.6 Å². The van der Waals surface area contributed by atoms with E-state index in [1.165, 1.54) is 5.56 Å². The van der Waals surface area contributed by atoms with Crippen LogP contribution < -0.4 is 19.5 Å². The molecule has 0 saturated heterocycles. The molecule has 4 nitrogen and oxygen atoms in total. The van der Waals surface area contributed by atoms with Crippen LogP contribution in [-0.2, 0) is 19.7 Å². The quantitative estimate of drug-likeness (QED) is 0.587. The molecule has 0 saturated carbocycles. The van der Waals surface area contributed by atoms with Crippen LogP contribution in [0.4, 0.5) is 0 Å². The first kappa shape index (κ1) is 20.1. The number of quaternary nitrogens is 1. The number of nitrogens with two attached hydrogens (primary N) is 1. The standard InChI is InChI=1S/C23H24ClNO3/c1-26-20-10-8-17(9-11-20)14-25-15-19-12-21(24)23(22(13-19)27-2)28-16-18-6-4-3-5-7-18/h3-13,25H,14-16H2,1-2H3/p+1. The van der Waals surface area contributed by atoms with Crippen molar-refractivity contribution in [2.24, 2.45) is 0 Å². The third-order valence-electron chi connectivity index (χ3n) is 4.43. The van der Waals surface area contributed by atoms with E-state index in [1.807, 2.05) is 54.6 Å². The molecule has 3 aromatic carbocycles. The van der Waals surface area contributed by atoms with Gasteiger partial charge in [0, 0.05) is 11.1 Å². The molecule has 146 valence electrons. The molecule has 5 heteroatoms. The largest absolute Gasteiger partial charge is 0.497 e. The van der Waals surface area contributed by atoms with Crippen LogP contribution in [0, 0.1) is 0 Å². The maximum absolute atomic E-state index is 6.48. The van der Waals surface area contributed by atoms with E-state index < -0.39 is 0 Å². The Morgan fingerprint density at radius 2 is 1.50 bits per heavy atom. The molecule has 0 atom stereocenters. The monoisotopic (exact) mass is 398 g/mol. The lowest BCUT2D eigenvalue weighted by atomic mass is 10.1. The number of methoxy groups -OCH3 is 2. The Balaban J connectivity index is 1.61. The number of rotatable bonds is 9. The van der Waals surface area contributed by atoms with Gasteiger partial charge in [-0.25, -0.2) is 0 Å². The lowest BCUT2D eigenvalue weighted by Gasteiger charge is -2.14. The average Bonchev–Trinajstić information content (AvgIpc) is 2.74. The highest BCUT2D eigenvalue weighted by Crippen LogP contribution is 2.36. The summed E-state index contributed by atoms with van der Waals surface area (Å²) < 4.78 is 16.6. The molecular weight excluding hydrogens is 374 g/mol. The van der Waals surface area contributed by atoms with Crippen LogP contribution in [0.25, 0.3) is 0 Å². The van der Waals surface area contributed by atoms with E-state index in [0.29, 0.717) is 23.1 Å². The molecule has 0 unspecified atom stereocenters. The summed E-state index contributed by atoms with van der Waals surface area (Å²) in [5, 5.41) is 2.78. The van der Waals surface area contributed by atoms with Crippen LogP contribution in [0.15, 0.2) is 66.7 Å². The summed E-state index contributed by atoms with van der Waals surface area (Å²) in [7, 11) is 3.30. The molecule has 2 N–H and O–H groups in total. The lowest BCUT2D eigenvalue weighted by molar-refractivity contribution is -0.686. The molecule has 0 fully saturated rings. The maximum atomic E-state index is 6.48. The van der Waals surface area contributed by atoms with Gasteiger partial charge in [-0.3, -0.25) is 0 Å². The minimum Gasteiger partial charge on any atom is -0.497 e. The van der Waals surface area contributed by atoms with Crippen LogP contribution in [0.1, 0.15) is 16.7 Å². The molecule has 0 radical (unpaired) electrons. The predicted molar refractivity (Wildman–Crippen MR) is 111 cm³/mol. The van der Waals surface area contributed by atoms with Crippen LogP contribution in [-0.4, -0.2) is 14.2 Å². The number of ether oxygens (including phenoxy) is 3. The Hall–Kier alpha value is -2.69. The summed E-state index contributed by atoms with van der Waals surface area (Å²) in [6.07, 6.45) is 0. The summed E-state index contributed by atoms with van der Waals surface area (Å²) >= 11 is 6.48. The number of hydrogen-bond acceptors (Lipinski definition) is 3. The maximum Gasteiger partial charge on any atom is 0.180 e. The van der Waals surface area contributed by atoms with Crippen LogP contribution in [0.5, 0.6) is 17.2 Å². The molecule has 0 aliphatic carbocycles. The molecule has 28 heavy (non-hydrogen) atoms. The zero-order valence-corrected chi connectivity index (χ0v) is 16.9. The number of hydrogen-bond donors (Lipinski definition) is 1. The highest BCUT2D eigenvalue weighted by Gasteiger charge is 2.13. The normalized spacial score (nSPS) is 10.5. The van der Waals surface area contributed by atoms with E-state index in [4.69, 9.17) is 25.8 Å². The minimum atomic E-state index is 0.444. The predicted octanol–water partition coefficient (Wildman–Crippen LogP) is 4.20. The van der Waals surface area contributed by atoms with Gasteiger partial charge in [-0.05, 0) is 42.0 Å². The van der Waals surface area contributed by atoms with Crippen LogP contribution in [0.3, 0.4) is 0 Å². The van der Waals surface area contributed by atoms with Crippen molar-refractivity contribution in [1.29, 1.82) is 0 Å². The van der Waals surface area contributed by atoms with Gasteiger partial charge in [0.2, 0.25) is 0 Å². The van der Waals surface area contributed by atoms with Crippen molar-refractivity contribution in [2.45, 2.75) is 19.7 Å². The highest BCUT2D eigenvalue weighted by atomic mass is 35.5. The van der Waals surface area contributed by atoms with Gasteiger partial charge in [0.25, 0.3) is 0 Å². The second kappa shape index (κ2) is 10.0. The summed E-state index contributed by atoms with van der Waals surface area (Å²) in [5.74, 6) is 2.09. The molecular formula is C23H25ClNO3+. The van der Waals surface area contributed by atoms with Crippen molar-refractivity contribution in [3.05, 3.63) is 88.4 Å². The summed E-state index contributed by atoms with van der Waals surface area (Å²) in [4.78, 5) is 0. The van der Waals surface area contributed by atoms with Gasteiger partial charge in [-0.2, -0.15) is 0 Å². The molecule has 0 aromatic heterocycles. The van der Waals surface area contributed by atoms with Crippen LogP contribution >= 0.6 is 11.6 Å². The van der Waals surface area contributed by atoms with Crippen molar-refractivity contribution in [3.63, 3.8) is 0 Å². The van der Waals surface area contributed by atoms with E-state index in [-0.39, 0.29) is 0 Å². The third kappa shape index (κ3) is 5.41. The summed E-state index contributed by atoms with van der Waals surface area (Å²) in [6.45, 7) is 2.11. The van der Waals surface area contributed by atoms with Gasteiger partial charge in [0.1, 0.15) is 25.4 Å². The topological polar surface area (TPSA) is 44.3 Å². The molecule has 3 rings (SSSR count). The Morgan fingerprint density at radius 1 is 0.786 bits per heavy atom. The molecule has 0 amide bonds. The first-order chi connectivity index (χ1) is 13.7. The fraction of sp³-hybridized carbons (Fsp3) is 0.217. The number of halogens is 1. The SMILES string of the molecule is COc1ccc(C[NH2+]Cc2cc(Cl)c(OCc3ccccc3)c(OC)c2)cc1. The van der Waals surface area contributed by atoms with E-state index in [0.717, 1.165) is 30.0 Å². The highest BCUT2D eigenvalue weighted by molar-refractivity contribution is 6.32. The van der Waals surface area contributed by atoms with Crippen molar-refractivity contribution in [3.8, 4) is 17.2 Å². The van der Waals surface area contributed by atoms with Gasteiger partial charge in [-0.1, -0.05) is 41.9 Å². The van der Waals surface area contributed by atoms with Crippen LogP contribution in [0.2, 0.25) is 5.02 Å². The molecule has 0 aliphatic heterocycles.